The van der Waals surface area contributed by atoms with Crippen LogP contribution in [0.5, 0.6) is 0 Å². The molecule has 0 bridgehead atoms. The van der Waals surface area contributed by atoms with Gasteiger partial charge in [0.15, 0.2) is 0 Å². The molecule has 0 aliphatic carbocycles. The van der Waals surface area contributed by atoms with E-state index in [4.69, 9.17) is 23.2 Å². The van der Waals surface area contributed by atoms with Crippen LogP contribution in [0.2, 0.25) is 10.0 Å². The number of benzene rings is 2. The molecule has 0 aliphatic rings. The molecular weight excluding hydrogens is 439 g/mol. The number of halogens is 2. The largest absolute Gasteiger partial charge is 2.00 e. The van der Waals surface area contributed by atoms with Gasteiger partial charge in [-0.15, -0.1) is 0 Å². The second kappa shape index (κ2) is 9.87. The van der Waals surface area contributed by atoms with E-state index in [2.05, 4.69) is 0 Å². The van der Waals surface area contributed by atoms with Gasteiger partial charge in [0.1, 0.15) is 20.2 Å². The van der Waals surface area contributed by atoms with E-state index in [9.17, 15) is 25.9 Å². The first-order valence-corrected chi connectivity index (χ1v) is 9.83. The van der Waals surface area contributed by atoms with Crippen molar-refractivity contribution in [2.45, 2.75) is 23.6 Å². The third-order valence-corrected chi connectivity index (χ3v) is 5.35. The van der Waals surface area contributed by atoms with Crippen LogP contribution in [0.15, 0.2) is 46.2 Å². The van der Waals surface area contributed by atoms with E-state index in [0.29, 0.717) is 21.2 Å². The van der Waals surface area contributed by atoms with E-state index in [1.54, 1.807) is 13.8 Å². The Bertz CT molecular complexity index is 880. The molecule has 0 aromatic heterocycles. The summed E-state index contributed by atoms with van der Waals surface area (Å²) in [6, 6.07) is 7.67. The SMILES string of the molecule is Cc1cc(S(=O)(=O)[O-])ccc1Cl.Cc1cc(S(=O)(=O)[O-])ccc1Cl.[Ca+2]. The van der Waals surface area contributed by atoms with E-state index in [1.807, 2.05) is 0 Å². The normalized spacial score (nSPS) is 11.1. The van der Waals surface area contributed by atoms with Crippen LogP contribution in [0.3, 0.4) is 0 Å². The van der Waals surface area contributed by atoms with Gasteiger partial charge in [0, 0.05) is 10.0 Å². The second-order valence-electron chi connectivity index (χ2n) is 4.73. The average molecular weight is 451 g/mol. The smallest absolute Gasteiger partial charge is 0.744 e. The van der Waals surface area contributed by atoms with Crippen molar-refractivity contribution in [1.29, 1.82) is 0 Å². The van der Waals surface area contributed by atoms with Crippen LogP contribution in [-0.4, -0.2) is 63.7 Å². The molecule has 6 nitrogen and oxygen atoms in total. The van der Waals surface area contributed by atoms with Gasteiger partial charge in [-0.25, -0.2) is 16.8 Å². The molecule has 0 aliphatic heterocycles. The molecule has 132 valence electrons. The van der Waals surface area contributed by atoms with E-state index >= 15 is 0 Å². The fourth-order valence-corrected chi connectivity index (χ4v) is 2.89. The zero-order valence-electron chi connectivity index (χ0n) is 13.2. The Balaban J connectivity index is 0.000000443. The monoisotopic (exact) mass is 450 g/mol. The predicted molar refractivity (Wildman–Crippen MR) is 94.1 cm³/mol. The maximum Gasteiger partial charge on any atom is 2.00 e. The van der Waals surface area contributed by atoms with E-state index in [0.717, 1.165) is 0 Å². The Kier molecular flexibility index (Phi) is 9.91. The zero-order chi connectivity index (χ0) is 18.7. The molecule has 11 heteroatoms. The molecule has 2 aromatic rings. The van der Waals surface area contributed by atoms with Crippen molar-refractivity contribution in [2.75, 3.05) is 0 Å². The summed E-state index contributed by atoms with van der Waals surface area (Å²) < 4.78 is 63.0. The Hall–Kier alpha value is 0.0997. The van der Waals surface area contributed by atoms with Crippen molar-refractivity contribution < 1.29 is 25.9 Å². The van der Waals surface area contributed by atoms with E-state index < -0.39 is 20.2 Å². The van der Waals surface area contributed by atoms with Gasteiger partial charge in [-0.05, 0) is 61.4 Å². The van der Waals surface area contributed by atoms with Gasteiger partial charge in [-0.3, -0.25) is 0 Å². The second-order valence-corrected chi connectivity index (χ2v) is 8.30. The van der Waals surface area contributed by atoms with Crippen LogP contribution < -0.4 is 0 Å². The molecule has 25 heavy (non-hydrogen) atoms. The van der Waals surface area contributed by atoms with Crippen molar-refractivity contribution in [1.82, 2.24) is 0 Å². The van der Waals surface area contributed by atoms with Crippen molar-refractivity contribution in [3.63, 3.8) is 0 Å². The first-order valence-electron chi connectivity index (χ1n) is 6.26. The van der Waals surface area contributed by atoms with E-state index in [-0.39, 0.29) is 47.5 Å². The molecule has 0 spiro atoms. The van der Waals surface area contributed by atoms with Crippen molar-refractivity contribution in [2.24, 2.45) is 0 Å². The number of aryl methyl sites for hydroxylation is 2. The summed E-state index contributed by atoms with van der Waals surface area (Å²) in [4.78, 5) is -0.492. The molecule has 0 saturated carbocycles. The first-order chi connectivity index (χ1) is 10.8. The molecule has 0 fully saturated rings. The van der Waals surface area contributed by atoms with Crippen LogP contribution in [0.1, 0.15) is 11.1 Å². The number of hydrogen-bond donors (Lipinski definition) is 0. The fraction of sp³-hybridized carbons (Fsp3) is 0.143. The molecule has 0 amide bonds. The first kappa shape index (κ1) is 25.1. The summed E-state index contributed by atoms with van der Waals surface area (Å²) in [5, 5.41) is 0.893. The van der Waals surface area contributed by atoms with Crippen molar-refractivity contribution >= 4 is 81.2 Å². The minimum atomic E-state index is -4.35. The van der Waals surface area contributed by atoms with Gasteiger partial charge in [-0.1, -0.05) is 23.2 Å². The molecule has 0 atom stereocenters. The number of hydrogen-bond acceptors (Lipinski definition) is 6. The topological polar surface area (TPSA) is 114 Å². The molecule has 0 N–H and O–H groups in total. The summed E-state index contributed by atoms with van der Waals surface area (Å²) in [6.45, 7) is 3.27. The van der Waals surface area contributed by atoms with Gasteiger partial charge < -0.3 is 9.11 Å². The quantitative estimate of drug-likeness (QED) is 0.512. The van der Waals surface area contributed by atoms with E-state index in [1.165, 1.54) is 36.4 Å². The van der Waals surface area contributed by atoms with Gasteiger partial charge >= 0.3 is 37.7 Å². The molecule has 0 radical (unpaired) electrons. The van der Waals surface area contributed by atoms with Gasteiger partial charge in [0.05, 0.1) is 9.79 Å². The van der Waals surface area contributed by atoms with Gasteiger partial charge in [0.2, 0.25) is 0 Å². The van der Waals surface area contributed by atoms with Crippen LogP contribution >= 0.6 is 23.2 Å². The van der Waals surface area contributed by atoms with Crippen molar-refractivity contribution in [3.8, 4) is 0 Å². The van der Waals surface area contributed by atoms with Crippen LogP contribution in [0, 0.1) is 13.8 Å². The average Bonchev–Trinajstić information content (AvgIpc) is 2.43. The van der Waals surface area contributed by atoms with Crippen LogP contribution in [-0.2, 0) is 20.2 Å². The Morgan fingerprint density at radius 2 is 1.00 bits per heavy atom. The Morgan fingerprint density at radius 1 is 0.720 bits per heavy atom. The zero-order valence-corrected chi connectivity index (χ0v) is 18.5. The Morgan fingerprint density at radius 3 is 1.20 bits per heavy atom. The minimum absolute atomic E-state index is 0. The maximum atomic E-state index is 10.5. The molecule has 0 unspecified atom stereocenters. The number of rotatable bonds is 2. The molecule has 0 heterocycles. The van der Waals surface area contributed by atoms with Crippen LogP contribution in [0.25, 0.3) is 0 Å². The molecule has 2 aromatic carbocycles. The summed E-state index contributed by atoms with van der Waals surface area (Å²) in [7, 11) is -8.70. The molecular formula is C14H12CaCl2O6S2. The van der Waals surface area contributed by atoms with Crippen LogP contribution in [0.4, 0.5) is 0 Å². The third kappa shape index (κ3) is 8.11. The molecule has 2 rings (SSSR count). The summed E-state index contributed by atoms with van der Waals surface area (Å²) in [6.07, 6.45) is 0. The maximum absolute atomic E-state index is 10.5. The summed E-state index contributed by atoms with van der Waals surface area (Å²) in [5.74, 6) is 0. The minimum Gasteiger partial charge on any atom is -0.744 e. The van der Waals surface area contributed by atoms with Gasteiger partial charge in [-0.2, -0.15) is 0 Å². The summed E-state index contributed by atoms with van der Waals surface area (Å²) >= 11 is 11.3. The Labute approximate surface area is 186 Å². The standard InChI is InChI=1S/2C7H7ClO3S.Ca/c2*1-5-4-6(12(9,10)11)2-3-7(5)8;/h2*2-4H,1H3,(H,9,10,11);/q;;+2/p-2. The predicted octanol–water partition coefficient (Wildman–Crippen LogP) is 2.72. The van der Waals surface area contributed by atoms with Crippen molar-refractivity contribution in [3.05, 3.63) is 57.6 Å². The summed E-state index contributed by atoms with van der Waals surface area (Å²) in [5.41, 5.74) is 1.15. The third-order valence-electron chi connectivity index (χ3n) is 2.84. The fourth-order valence-electron chi connectivity index (χ4n) is 1.55. The van der Waals surface area contributed by atoms with Gasteiger partial charge in [0.25, 0.3) is 0 Å². The molecule has 0 saturated heterocycles.